The highest BCUT2D eigenvalue weighted by molar-refractivity contribution is 5.93. The van der Waals surface area contributed by atoms with Crippen molar-refractivity contribution in [3.63, 3.8) is 0 Å². The topological polar surface area (TPSA) is 72.8 Å². The van der Waals surface area contributed by atoms with Crippen LogP contribution in [0.4, 0.5) is 0 Å². The summed E-state index contributed by atoms with van der Waals surface area (Å²) < 4.78 is 0. The molecule has 1 unspecified atom stereocenters. The van der Waals surface area contributed by atoms with Gasteiger partial charge in [0.15, 0.2) is 0 Å². The largest absolute Gasteiger partial charge is 0.507 e. The molecule has 19 heavy (non-hydrogen) atoms. The minimum atomic E-state index is -1.13. The van der Waals surface area contributed by atoms with E-state index in [4.69, 9.17) is 0 Å². The van der Waals surface area contributed by atoms with Crippen molar-refractivity contribution >= 4 is 5.97 Å². The molecule has 0 bridgehead atoms. The summed E-state index contributed by atoms with van der Waals surface area (Å²) in [6, 6.07) is 4.96. The molecule has 0 radical (unpaired) electrons. The van der Waals surface area contributed by atoms with E-state index < -0.39 is 11.6 Å². The molecule has 0 fully saturated rings. The Kier molecular flexibility index (Phi) is 3.14. The third-order valence-electron chi connectivity index (χ3n) is 3.45. The highest BCUT2D eigenvalue weighted by Crippen LogP contribution is 2.36. The molecule has 5 nitrogen and oxygen atoms in total. The van der Waals surface area contributed by atoms with Crippen LogP contribution in [0.2, 0.25) is 0 Å². The van der Waals surface area contributed by atoms with Gasteiger partial charge in [-0.1, -0.05) is 12.1 Å². The number of aromatic hydroxyl groups is 1. The zero-order chi connectivity index (χ0) is 14.2. The molecule has 1 heterocycles. The number of rotatable bonds is 3. The van der Waals surface area contributed by atoms with Gasteiger partial charge in [-0.25, -0.2) is 4.79 Å². The first-order valence-corrected chi connectivity index (χ1v) is 6.16. The standard InChI is InChI=1S/C14H18N2O3/c1-9(2)16-8-7-15-14(16,3)10-5-4-6-11(17)12(10)13(18)19/h4-9,15,17H,1-3H3,(H,18,19). The first-order chi connectivity index (χ1) is 8.88. The average Bonchev–Trinajstić information content (AvgIpc) is 2.71. The van der Waals surface area contributed by atoms with Crippen LogP contribution in [0.1, 0.15) is 36.7 Å². The Labute approximate surface area is 112 Å². The van der Waals surface area contributed by atoms with Crippen molar-refractivity contribution in [2.45, 2.75) is 32.5 Å². The molecule has 1 atom stereocenters. The van der Waals surface area contributed by atoms with Gasteiger partial charge in [-0.3, -0.25) is 0 Å². The molecule has 0 saturated carbocycles. The molecule has 5 heteroatoms. The van der Waals surface area contributed by atoms with Gasteiger partial charge < -0.3 is 20.4 Å². The molecule has 1 aliphatic heterocycles. The molecular formula is C14H18N2O3. The van der Waals surface area contributed by atoms with E-state index in [0.717, 1.165) is 0 Å². The summed E-state index contributed by atoms with van der Waals surface area (Å²) in [6.45, 7) is 5.95. The second kappa shape index (κ2) is 4.50. The lowest BCUT2D eigenvalue weighted by molar-refractivity contribution is 0.0678. The number of phenols is 1. The normalized spacial score (nSPS) is 21.8. The molecule has 2 rings (SSSR count). The summed E-state index contributed by atoms with van der Waals surface area (Å²) in [4.78, 5) is 13.4. The fourth-order valence-corrected chi connectivity index (χ4v) is 2.58. The number of carboxylic acid groups (broad SMARTS) is 1. The monoisotopic (exact) mass is 262 g/mol. The number of carboxylic acids is 1. The molecule has 0 aliphatic carbocycles. The Morgan fingerprint density at radius 3 is 2.68 bits per heavy atom. The molecular weight excluding hydrogens is 244 g/mol. The lowest BCUT2D eigenvalue weighted by atomic mass is 9.93. The highest BCUT2D eigenvalue weighted by Gasteiger charge is 2.39. The van der Waals surface area contributed by atoms with Crippen molar-refractivity contribution in [1.82, 2.24) is 10.2 Å². The summed E-state index contributed by atoms with van der Waals surface area (Å²) in [6.07, 6.45) is 3.68. The third kappa shape index (κ3) is 2.01. The molecule has 0 aromatic heterocycles. The summed E-state index contributed by atoms with van der Waals surface area (Å²) in [7, 11) is 0. The van der Waals surface area contributed by atoms with Crippen LogP contribution in [0.3, 0.4) is 0 Å². The summed E-state index contributed by atoms with van der Waals surface area (Å²) in [5, 5.41) is 22.3. The minimum Gasteiger partial charge on any atom is -0.507 e. The van der Waals surface area contributed by atoms with Crippen molar-refractivity contribution in [1.29, 1.82) is 0 Å². The maximum atomic E-state index is 11.4. The summed E-state index contributed by atoms with van der Waals surface area (Å²) in [5.41, 5.74) is -0.203. The summed E-state index contributed by atoms with van der Waals surface area (Å²) >= 11 is 0. The lowest BCUT2D eigenvalue weighted by Gasteiger charge is -2.40. The van der Waals surface area contributed by atoms with E-state index in [1.165, 1.54) is 6.07 Å². The van der Waals surface area contributed by atoms with Gasteiger partial charge in [-0.15, -0.1) is 0 Å². The quantitative estimate of drug-likeness (QED) is 0.777. The van der Waals surface area contributed by atoms with Crippen LogP contribution in [0, 0.1) is 0 Å². The SMILES string of the molecule is CC(C)N1C=CNC1(C)c1cccc(O)c1C(=O)O. The van der Waals surface area contributed by atoms with E-state index in [9.17, 15) is 15.0 Å². The number of nitrogens with zero attached hydrogens (tertiary/aromatic N) is 1. The van der Waals surface area contributed by atoms with Crippen LogP contribution in [0.5, 0.6) is 5.75 Å². The predicted molar refractivity (Wildman–Crippen MR) is 71.7 cm³/mol. The number of hydrogen-bond donors (Lipinski definition) is 3. The maximum Gasteiger partial charge on any atom is 0.339 e. The zero-order valence-electron chi connectivity index (χ0n) is 11.2. The smallest absolute Gasteiger partial charge is 0.339 e. The Morgan fingerprint density at radius 2 is 2.11 bits per heavy atom. The molecule has 0 saturated heterocycles. The van der Waals surface area contributed by atoms with Gasteiger partial charge in [0.1, 0.15) is 17.0 Å². The van der Waals surface area contributed by atoms with E-state index >= 15 is 0 Å². The zero-order valence-corrected chi connectivity index (χ0v) is 11.2. The Morgan fingerprint density at radius 1 is 1.42 bits per heavy atom. The van der Waals surface area contributed by atoms with Crippen molar-refractivity contribution in [2.75, 3.05) is 0 Å². The third-order valence-corrected chi connectivity index (χ3v) is 3.45. The van der Waals surface area contributed by atoms with E-state index in [0.29, 0.717) is 5.56 Å². The molecule has 1 aliphatic rings. The van der Waals surface area contributed by atoms with E-state index in [1.807, 2.05) is 31.9 Å². The molecule has 0 amide bonds. The van der Waals surface area contributed by atoms with Crippen LogP contribution in [-0.4, -0.2) is 27.1 Å². The number of aromatic carboxylic acids is 1. The highest BCUT2D eigenvalue weighted by atomic mass is 16.4. The Bertz CT molecular complexity index is 539. The van der Waals surface area contributed by atoms with E-state index in [2.05, 4.69) is 5.32 Å². The first kappa shape index (κ1) is 13.3. The van der Waals surface area contributed by atoms with Crippen molar-refractivity contribution < 1.29 is 15.0 Å². The van der Waals surface area contributed by atoms with Crippen LogP contribution in [0.25, 0.3) is 0 Å². The fraction of sp³-hybridized carbons (Fsp3) is 0.357. The van der Waals surface area contributed by atoms with Gasteiger partial charge >= 0.3 is 5.97 Å². The summed E-state index contributed by atoms with van der Waals surface area (Å²) in [5.74, 6) is -1.35. The van der Waals surface area contributed by atoms with Crippen LogP contribution >= 0.6 is 0 Å². The maximum absolute atomic E-state index is 11.4. The van der Waals surface area contributed by atoms with Crippen molar-refractivity contribution in [2.24, 2.45) is 0 Å². The first-order valence-electron chi connectivity index (χ1n) is 6.16. The van der Waals surface area contributed by atoms with Crippen molar-refractivity contribution in [3.05, 3.63) is 41.7 Å². The van der Waals surface area contributed by atoms with Gasteiger partial charge in [0.25, 0.3) is 0 Å². The van der Waals surface area contributed by atoms with E-state index in [1.54, 1.807) is 18.3 Å². The van der Waals surface area contributed by atoms with Crippen LogP contribution in [-0.2, 0) is 5.66 Å². The van der Waals surface area contributed by atoms with Gasteiger partial charge in [0, 0.05) is 24.0 Å². The Balaban J connectivity index is 2.59. The second-order valence-electron chi connectivity index (χ2n) is 5.04. The molecule has 3 N–H and O–H groups in total. The number of carbonyl (C=O) groups is 1. The van der Waals surface area contributed by atoms with Crippen molar-refractivity contribution in [3.8, 4) is 5.75 Å². The number of hydrogen-bond acceptors (Lipinski definition) is 4. The number of nitrogens with one attached hydrogen (secondary N) is 1. The molecule has 102 valence electrons. The fourth-order valence-electron chi connectivity index (χ4n) is 2.58. The predicted octanol–water partition coefficient (Wildman–Crippen LogP) is 2.05. The van der Waals surface area contributed by atoms with Crippen LogP contribution < -0.4 is 5.32 Å². The number of benzene rings is 1. The lowest BCUT2D eigenvalue weighted by Crippen LogP contribution is -2.49. The van der Waals surface area contributed by atoms with E-state index in [-0.39, 0.29) is 17.4 Å². The van der Waals surface area contributed by atoms with Gasteiger partial charge in [0.2, 0.25) is 0 Å². The van der Waals surface area contributed by atoms with Gasteiger partial charge in [0.05, 0.1) is 0 Å². The van der Waals surface area contributed by atoms with Crippen LogP contribution in [0.15, 0.2) is 30.6 Å². The Hall–Kier alpha value is -2.17. The molecule has 0 spiro atoms. The average molecular weight is 262 g/mol. The second-order valence-corrected chi connectivity index (χ2v) is 5.04. The molecule has 1 aromatic rings. The minimum absolute atomic E-state index is 0.0631. The van der Waals surface area contributed by atoms with Gasteiger partial charge in [-0.05, 0) is 26.8 Å². The van der Waals surface area contributed by atoms with Gasteiger partial charge in [-0.2, -0.15) is 0 Å². The molecule has 1 aromatic carbocycles.